The molecule has 2 atom stereocenters. The molecule has 2 heterocycles. The highest BCUT2D eigenvalue weighted by atomic mass is 19.1. The number of nitrogens with one attached hydrogen (secondary N) is 1. The van der Waals surface area contributed by atoms with Gasteiger partial charge in [-0.1, -0.05) is 6.07 Å². The summed E-state index contributed by atoms with van der Waals surface area (Å²) >= 11 is 0. The molecule has 0 aliphatic carbocycles. The molecule has 2 aromatic rings. The van der Waals surface area contributed by atoms with Crippen LogP contribution in [0.1, 0.15) is 23.6 Å². The lowest BCUT2D eigenvalue weighted by Gasteiger charge is -2.28. The minimum absolute atomic E-state index is 0.0799. The normalized spacial score (nSPS) is 18.5. The number of benzene rings is 1. The number of guanidine groups is 1. The molecule has 6 nitrogen and oxygen atoms in total. The fourth-order valence-electron chi connectivity index (χ4n) is 3.99. The largest absolute Gasteiger partial charge is 0.354 e. The van der Waals surface area contributed by atoms with Crippen molar-refractivity contribution in [3.63, 3.8) is 0 Å². The van der Waals surface area contributed by atoms with Gasteiger partial charge in [-0.3, -0.25) is 9.67 Å². The van der Waals surface area contributed by atoms with Gasteiger partial charge in [-0.15, -0.1) is 0 Å². The molecule has 3 rings (SSSR count). The molecule has 29 heavy (non-hydrogen) atoms. The topological polar surface area (TPSA) is 48.7 Å². The molecule has 0 bridgehead atoms. The number of rotatable bonds is 6. The molecule has 0 saturated carbocycles. The van der Waals surface area contributed by atoms with E-state index in [4.69, 9.17) is 0 Å². The fraction of sp³-hybridized carbons (Fsp3) is 0.524. The molecule has 1 N–H and O–H groups in total. The SMILES string of the molecule is CN=C(NCC(c1c(F)cccc1F)N(C)C)N1CCC(Cc2cnn(C)c2)C1. The maximum absolute atomic E-state index is 14.3. The molecule has 1 aliphatic rings. The van der Waals surface area contributed by atoms with E-state index in [0.29, 0.717) is 12.5 Å². The van der Waals surface area contributed by atoms with Crippen molar-refractivity contribution in [1.29, 1.82) is 0 Å². The molecule has 0 spiro atoms. The number of likely N-dealkylation sites (tertiary alicyclic amines) is 1. The summed E-state index contributed by atoms with van der Waals surface area (Å²) in [6.45, 7) is 2.17. The zero-order chi connectivity index (χ0) is 21.0. The van der Waals surface area contributed by atoms with Crippen molar-refractivity contribution in [2.45, 2.75) is 18.9 Å². The van der Waals surface area contributed by atoms with Crippen LogP contribution in [0.25, 0.3) is 0 Å². The van der Waals surface area contributed by atoms with E-state index in [1.54, 1.807) is 7.05 Å². The lowest BCUT2D eigenvalue weighted by molar-refractivity contribution is 0.280. The van der Waals surface area contributed by atoms with Gasteiger partial charge in [0.2, 0.25) is 0 Å². The van der Waals surface area contributed by atoms with E-state index in [9.17, 15) is 8.78 Å². The lowest BCUT2D eigenvalue weighted by atomic mass is 10.0. The first-order valence-electron chi connectivity index (χ1n) is 9.92. The van der Waals surface area contributed by atoms with Gasteiger partial charge < -0.3 is 15.1 Å². The van der Waals surface area contributed by atoms with E-state index in [0.717, 1.165) is 31.9 Å². The minimum Gasteiger partial charge on any atom is -0.354 e. The van der Waals surface area contributed by atoms with E-state index in [1.807, 2.05) is 36.9 Å². The smallest absolute Gasteiger partial charge is 0.193 e. The Kier molecular flexibility index (Phi) is 6.84. The molecule has 1 saturated heterocycles. The van der Waals surface area contributed by atoms with E-state index in [1.165, 1.54) is 23.8 Å². The van der Waals surface area contributed by atoms with Crippen molar-refractivity contribution < 1.29 is 8.78 Å². The average molecular weight is 405 g/mol. The molecule has 0 amide bonds. The number of aryl methyl sites for hydroxylation is 1. The Hall–Kier alpha value is -2.48. The highest BCUT2D eigenvalue weighted by Crippen LogP contribution is 2.25. The third kappa shape index (κ3) is 5.12. The maximum atomic E-state index is 14.3. The molecule has 1 aromatic heterocycles. The predicted octanol–water partition coefficient (Wildman–Crippen LogP) is 2.44. The Morgan fingerprint density at radius 1 is 1.34 bits per heavy atom. The van der Waals surface area contributed by atoms with Crippen molar-refractivity contribution in [3.05, 3.63) is 53.4 Å². The first-order valence-corrected chi connectivity index (χ1v) is 9.92. The number of hydrogen-bond donors (Lipinski definition) is 1. The molecule has 8 heteroatoms. The summed E-state index contributed by atoms with van der Waals surface area (Å²) in [7, 11) is 7.31. The molecule has 158 valence electrons. The van der Waals surface area contributed by atoms with Crippen LogP contribution in [-0.4, -0.2) is 66.3 Å². The summed E-state index contributed by atoms with van der Waals surface area (Å²) in [6.07, 6.45) is 6.04. The quantitative estimate of drug-likeness (QED) is 0.594. The second-order valence-corrected chi connectivity index (χ2v) is 7.87. The van der Waals surface area contributed by atoms with Gasteiger partial charge in [0.05, 0.1) is 12.2 Å². The second kappa shape index (κ2) is 9.35. The van der Waals surface area contributed by atoms with E-state index in [-0.39, 0.29) is 5.56 Å². The first-order chi connectivity index (χ1) is 13.9. The van der Waals surface area contributed by atoms with Crippen molar-refractivity contribution in [2.75, 3.05) is 40.8 Å². The van der Waals surface area contributed by atoms with Crippen molar-refractivity contribution >= 4 is 5.96 Å². The third-order valence-electron chi connectivity index (χ3n) is 5.49. The number of likely N-dealkylation sites (N-methyl/N-ethyl adjacent to an activating group) is 1. The molecule has 1 aliphatic heterocycles. The minimum atomic E-state index is -0.529. The van der Waals surface area contributed by atoms with Gasteiger partial charge in [-0.2, -0.15) is 5.10 Å². The summed E-state index contributed by atoms with van der Waals surface area (Å²) < 4.78 is 30.4. The van der Waals surface area contributed by atoms with Gasteiger partial charge in [-0.25, -0.2) is 8.78 Å². The van der Waals surface area contributed by atoms with Crippen LogP contribution in [0.3, 0.4) is 0 Å². The highest BCUT2D eigenvalue weighted by molar-refractivity contribution is 5.80. The van der Waals surface area contributed by atoms with Gasteiger partial charge in [0, 0.05) is 45.5 Å². The Labute approximate surface area is 171 Å². The fourth-order valence-corrected chi connectivity index (χ4v) is 3.99. The van der Waals surface area contributed by atoms with Crippen LogP contribution < -0.4 is 5.32 Å². The number of nitrogens with zero attached hydrogens (tertiary/aromatic N) is 5. The molecule has 2 unspecified atom stereocenters. The lowest BCUT2D eigenvalue weighted by Crippen LogP contribution is -2.43. The van der Waals surface area contributed by atoms with Crippen LogP contribution in [0.4, 0.5) is 8.78 Å². The molecular weight excluding hydrogens is 374 g/mol. The summed E-state index contributed by atoms with van der Waals surface area (Å²) in [5.74, 6) is 0.241. The average Bonchev–Trinajstić information content (AvgIpc) is 3.29. The first kappa shape index (κ1) is 21.2. The van der Waals surface area contributed by atoms with Gasteiger partial charge >= 0.3 is 0 Å². The van der Waals surface area contributed by atoms with Crippen LogP contribution in [0.5, 0.6) is 0 Å². The van der Waals surface area contributed by atoms with Gasteiger partial charge in [0.25, 0.3) is 0 Å². The summed E-state index contributed by atoms with van der Waals surface area (Å²) in [5, 5.41) is 7.56. The molecule has 0 radical (unpaired) electrons. The number of aromatic nitrogens is 2. The number of hydrogen-bond acceptors (Lipinski definition) is 3. The van der Waals surface area contributed by atoms with Gasteiger partial charge in [0.1, 0.15) is 11.6 Å². The highest BCUT2D eigenvalue weighted by Gasteiger charge is 2.27. The van der Waals surface area contributed by atoms with Crippen molar-refractivity contribution in [1.82, 2.24) is 24.9 Å². The summed E-state index contributed by atoms with van der Waals surface area (Å²) in [6, 6.07) is 3.54. The Morgan fingerprint density at radius 2 is 2.07 bits per heavy atom. The molecule has 1 aromatic carbocycles. The summed E-state index contributed by atoms with van der Waals surface area (Å²) in [4.78, 5) is 8.42. The number of aliphatic imine (C=N–C) groups is 1. The number of halogens is 2. The van der Waals surface area contributed by atoms with E-state index < -0.39 is 17.7 Å². The molecule has 1 fully saturated rings. The monoisotopic (exact) mass is 404 g/mol. The van der Waals surface area contributed by atoms with Crippen LogP contribution >= 0.6 is 0 Å². The van der Waals surface area contributed by atoms with Crippen LogP contribution in [0.15, 0.2) is 35.6 Å². The second-order valence-electron chi connectivity index (χ2n) is 7.87. The van der Waals surface area contributed by atoms with Crippen LogP contribution in [-0.2, 0) is 13.5 Å². The Balaban J connectivity index is 1.62. The van der Waals surface area contributed by atoms with Gasteiger partial charge in [-0.05, 0) is 50.6 Å². The third-order valence-corrected chi connectivity index (χ3v) is 5.49. The zero-order valence-electron chi connectivity index (χ0n) is 17.6. The molecular formula is C21H30F2N6. The predicted molar refractivity (Wildman–Crippen MR) is 111 cm³/mol. The summed E-state index contributed by atoms with van der Waals surface area (Å²) in [5.41, 5.74) is 1.32. The Bertz CT molecular complexity index is 827. The van der Waals surface area contributed by atoms with Crippen LogP contribution in [0.2, 0.25) is 0 Å². The van der Waals surface area contributed by atoms with E-state index in [2.05, 4.69) is 26.5 Å². The zero-order valence-corrected chi connectivity index (χ0v) is 17.6. The maximum Gasteiger partial charge on any atom is 0.193 e. The van der Waals surface area contributed by atoms with Crippen molar-refractivity contribution in [2.24, 2.45) is 18.0 Å². The van der Waals surface area contributed by atoms with E-state index >= 15 is 0 Å². The standard InChI is InChI=1S/C21H30F2N6/c1-24-21(29-9-8-15(14-29)10-16-11-26-28(4)13-16)25-12-19(27(2)3)20-17(22)6-5-7-18(20)23/h5-7,11,13,15,19H,8-10,12,14H2,1-4H3,(H,24,25). The van der Waals surface area contributed by atoms with Gasteiger partial charge in [0.15, 0.2) is 5.96 Å². The van der Waals surface area contributed by atoms with Crippen molar-refractivity contribution in [3.8, 4) is 0 Å². The van der Waals surface area contributed by atoms with Crippen LogP contribution in [0, 0.1) is 17.6 Å². The Morgan fingerprint density at radius 3 is 2.66 bits per heavy atom.